The van der Waals surface area contributed by atoms with Crippen LogP contribution in [0.3, 0.4) is 0 Å². The minimum Gasteiger partial charge on any atom is -0.367 e. The zero-order valence-corrected chi connectivity index (χ0v) is 13.2. The van der Waals surface area contributed by atoms with E-state index in [4.69, 9.17) is 0 Å². The molecule has 1 N–H and O–H groups in total. The van der Waals surface area contributed by atoms with E-state index < -0.39 is 0 Å². The van der Waals surface area contributed by atoms with Crippen molar-refractivity contribution in [2.24, 2.45) is 0 Å². The number of hydrogen-bond donors (Lipinski definition) is 1. The second-order valence-corrected chi connectivity index (χ2v) is 6.49. The predicted octanol–water partition coefficient (Wildman–Crippen LogP) is 3.75. The van der Waals surface area contributed by atoms with Crippen molar-refractivity contribution < 1.29 is 0 Å². The molecule has 0 fully saturated rings. The van der Waals surface area contributed by atoms with Gasteiger partial charge in [-0.3, -0.25) is 4.98 Å². The van der Waals surface area contributed by atoms with Gasteiger partial charge in [-0.2, -0.15) is 0 Å². The lowest BCUT2D eigenvalue weighted by Gasteiger charge is -2.15. The minimum absolute atomic E-state index is 0.296. The van der Waals surface area contributed by atoms with Crippen LogP contribution in [0.5, 0.6) is 0 Å². The summed E-state index contributed by atoms with van der Waals surface area (Å²) in [7, 11) is 0. The van der Waals surface area contributed by atoms with E-state index in [-0.39, 0.29) is 0 Å². The van der Waals surface area contributed by atoms with Gasteiger partial charge in [0.1, 0.15) is 17.0 Å². The summed E-state index contributed by atoms with van der Waals surface area (Å²) in [5.74, 6) is 0.934. The summed E-state index contributed by atoms with van der Waals surface area (Å²) in [5.41, 5.74) is 2.54. The smallest absolute Gasteiger partial charge is 0.138 e. The molecule has 0 bridgehead atoms. The molecule has 0 aliphatic carbocycles. The molecule has 3 rings (SSSR count). The largest absolute Gasteiger partial charge is 0.367 e. The molecule has 21 heavy (non-hydrogen) atoms. The predicted molar refractivity (Wildman–Crippen MR) is 87.9 cm³/mol. The van der Waals surface area contributed by atoms with Crippen LogP contribution in [0.2, 0.25) is 0 Å². The fourth-order valence-electron chi connectivity index (χ4n) is 2.45. The molecule has 0 aliphatic heterocycles. The molecule has 0 spiro atoms. The molecule has 1 atom stereocenters. The Hall–Kier alpha value is -2.01. The van der Waals surface area contributed by atoms with Gasteiger partial charge in [-0.25, -0.2) is 9.97 Å². The van der Waals surface area contributed by atoms with Crippen molar-refractivity contribution in [3.05, 3.63) is 46.9 Å². The van der Waals surface area contributed by atoms with Gasteiger partial charge in [0.25, 0.3) is 0 Å². The van der Waals surface area contributed by atoms with Gasteiger partial charge >= 0.3 is 0 Å². The molecule has 0 radical (unpaired) electrons. The van der Waals surface area contributed by atoms with Gasteiger partial charge in [-0.1, -0.05) is 0 Å². The number of hydrogen-bond acceptors (Lipinski definition) is 5. The number of nitrogens with zero attached hydrogens (tertiary/aromatic N) is 3. The highest BCUT2D eigenvalue weighted by molar-refractivity contribution is 7.18. The maximum Gasteiger partial charge on any atom is 0.138 e. The maximum absolute atomic E-state index is 4.43. The highest BCUT2D eigenvalue weighted by atomic mass is 32.1. The van der Waals surface area contributed by atoms with E-state index in [9.17, 15) is 0 Å². The molecule has 0 saturated carbocycles. The summed E-state index contributed by atoms with van der Waals surface area (Å²) in [6.07, 6.45) is 6.24. The number of fused-ring (bicyclic) bond motifs is 1. The number of thiophene rings is 1. The Morgan fingerprint density at radius 1 is 1.19 bits per heavy atom. The fraction of sp³-hybridized carbons (Fsp3) is 0.312. The normalized spacial score (nSPS) is 12.5. The highest BCUT2D eigenvalue weighted by Crippen LogP contribution is 2.32. The highest BCUT2D eigenvalue weighted by Gasteiger charge is 2.13. The standard InChI is InChI=1S/C16H18N4S/c1-10(8-13-4-6-17-7-5-13)20-15-14-11(2)12(3)21-16(14)19-9-18-15/h4-7,9-10H,8H2,1-3H3,(H,18,19,20). The number of rotatable bonds is 4. The fourth-order valence-corrected chi connectivity index (χ4v) is 3.45. The number of aryl methyl sites for hydroxylation is 2. The third-order valence-electron chi connectivity index (χ3n) is 3.64. The minimum atomic E-state index is 0.296. The Morgan fingerprint density at radius 3 is 2.71 bits per heavy atom. The molecule has 0 aliphatic rings. The van der Waals surface area contributed by atoms with Crippen LogP contribution in [0.4, 0.5) is 5.82 Å². The van der Waals surface area contributed by atoms with Gasteiger partial charge in [0.15, 0.2) is 0 Å². The quantitative estimate of drug-likeness (QED) is 0.797. The van der Waals surface area contributed by atoms with Crippen LogP contribution in [-0.4, -0.2) is 21.0 Å². The molecule has 0 amide bonds. The number of nitrogens with one attached hydrogen (secondary N) is 1. The first-order valence-electron chi connectivity index (χ1n) is 7.01. The molecule has 0 saturated heterocycles. The van der Waals surface area contributed by atoms with Crippen LogP contribution >= 0.6 is 11.3 Å². The van der Waals surface area contributed by atoms with Crippen molar-refractivity contribution in [1.29, 1.82) is 0 Å². The van der Waals surface area contributed by atoms with E-state index in [1.54, 1.807) is 17.7 Å². The molecular weight excluding hydrogens is 280 g/mol. The summed E-state index contributed by atoms with van der Waals surface area (Å²) in [6, 6.07) is 4.40. The van der Waals surface area contributed by atoms with Gasteiger partial charge in [-0.15, -0.1) is 11.3 Å². The Kier molecular flexibility index (Phi) is 3.84. The van der Waals surface area contributed by atoms with E-state index >= 15 is 0 Å². The summed E-state index contributed by atoms with van der Waals surface area (Å²) < 4.78 is 0. The molecule has 108 valence electrons. The van der Waals surface area contributed by atoms with Crippen LogP contribution in [0.1, 0.15) is 22.9 Å². The lowest BCUT2D eigenvalue weighted by atomic mass is 10.1. The summed E-state index contributed by atoms with van der Waals surface area (Å²) in [6.45, 7) is 6.44. The topological polar surface area (TPSA) is 50.7 Å². The van der Waals surface area contributed by atoms with Gasteiger partial charge in [0.2, 0.25) is 0 Å². The maximum atomic E-state index is 4.43. The lowest BCUT2D eigenvalue weighted by Crippen LogP contribution is -2.19. The van der Waals surface area contributed by atoms with Crippen LogP contribution < -0.4 is 5.32 Å². The molecule has 3 aromatic heterocycles. The Morgan fingerprint density at radius 2 is 1.95 bits per heavy atom. The molecule has 3 heterocycles. The molecule has 4 nitrogen and oxygen atoms in total. The molecular formula is C16H18N4S. The van der Waals surface area contributed by atoms with Crippen LogP contribution in [-0.2, 0) is 6.42 Å². The van der Waals surface area contributed by atoms with Crippen molar-refractivity contribution in [3.63, 3.8) is 0 Å². The lowest BCUT2D eigenvalue weighted by molar-refractivity contribution is 0.784. The Labute approximate surface area is 128 Å². The van der Waals surface area contributed by atoms with Gasteiger partial charge in [0, 0.05) is 23.3 Å². The van der Waals surface area contributed by atoms with Crippen molar-refractivity contribution >= 4 is 27.4 Å². The van der Waals surface area contributed by atoms with E-state index in [1.165, 1.54) is 16.0 Å². The first kappa shape index (κ1) is 13.9. The molecule has 0 aromatic carbocycles. The average Bonchev–Trinajstić information content (AvgIpc) is 2.76. The Bertz CT molecular complexity index is 752. The average molecular weight is 298 g/mol. The van der Waals surface area contributed by atoms with E-state index in [0.717, 1.165) is 22.5 Å². The Balaban J connectivity index is 1.84. The van der Waals surface area contributed by atoms with Crippen molar-refractivity contribution in [2.75, 3.05) is 5.32 Å². The third-order valence-corrected chi connectivity index (χ3v) is 4.75. The zero-order valence-electron chi connectivity index (χ0n) is 12.4. The summed E-state index contributed by atoms with van der Waals surface area (Å²) in [4.78, 5) is 15.2. The first-order valence-corrected chi connectivity index (χ1v) is 7.83. The van der Waals surface area contributed by atoms with E-state index in [2.05, 4.69) is 41.0 Å². The summed E-state index contributed by atoms with van der Waals surface area (Å²) in [5, 5.41) is 4.68. The van der Waals surface area contributed by atoms with E-state index in [0.29, 0.717) is 6.04 Å². The van der Waals surface area contributed by atoms with Crippen molar-refractivity contribution in [2.45, 2.75) is 33.2 Å². The third kappa shape index (κ3) is 2.88. The van der Waals surface area contributed by atoms with Gasteiger partial charge in [-0.05, 0) is 50.5 Å². The summed E-state index contributed by atoms with van der Waals surface area (Å²) >= 11 is 1.72. The van der Waals surface area contributed by atoms with Crippen LogP contribution in [0.15, 0.2) is 30.9 Å². The molecule has 5 heteroatoms. The SMILES string of the molecule is Cc1sc2ncnc(NC(C)Cc3ccncc3)c2c1C. The van der Waals surface area contributed by atoms with Gasteiger partial charge in [0.05, 0.1) is 5.39 Å². The van der Waals surface area contributed by atoms with Crippen molar-refractivity contribution in [3.8, 4) is 0 Å². The molecule has 1 unspecified atom stereocenters. The number of aromatic nitrogens is 3. The first-order chi connectivity index (χ1) is 10.1. The van der Waals surface area contributed by atoms with Crippen LogP contribution in [0, 0.1) is 13.8 Å². The second kappa shape index (κ2) is 5.77. The van der Waals surface area contributed by atoms with Crippen LogP contribution in [0.25, 0.3) is 10.2 Å². The van der Waals surface area contributed by atoms with Gasteiger partial charge < -0.3 is 5.32 Å². The molecule has 3 aromatic rings. The number of anilines is 1. The monoisotopic (exact) mass is 298 g/mol. The zero-order chi connectivity index (χ0) is 14.8. The van der Waals surface area contributed by atoms with Crippen molar-refractivity contribution in [1.82, 2.24) is 15.0 Å². The second-order valence-electron chi connectivity index (χ2n) is 5.29. The number of pyridine rings is 1. The van der Waals surface area contributed by atoms with E-state index in [1.807, 2.05) is 24.5 Å².